The Morgan fingerprint density at radius 3 is 2.46 bits per heavy atom. The van der Waals surface area contributed by atoms with Gasteiger partial charge in [0.05, 0.1) is 21.7 Å². The van der Waals surface area contributed by atoms with Gasteiger partial charge in [-0.15, -0.1) is 0 Å². The average molecular weight is 430 g/mol. The molecule has 0 amide bonds. The number of halogens is 2. The Hall–Kier alpha value is -1.84. The maximum atomic E-state index is 13.7. The van der Waals surface area contributed by atoms with E-state index in [-0.39, 0.29) is 28.6 Å². The summed E-state index contributed by atoms with van der Waals surface area (Å²) in [4.78, 5) is -0.102. The van der Waals surface area contributed by atoms with Gasteiger partial charge >= 0.3 is 0 Å². The zero-order chi connectivity index (χ0) is 20.5. The lowest BCUT2D eigenvalue weighted by atomic mass is 10.1. The van der Waals surface area contributed by atoms with E-state index >= 15 is 0 Å². The summed E-state index contributed by atoms with van der Waals surface area (Å²) in [5.74, 6) is -1.70. The monoisotopic (exact) mass is 429 g/mol. The molecule has 0 aromatic heterocycles. The van der Waals surface area contributed by atoms with Gasteiger partial charge in [0.1, 0.15) is 11.6 Å². The zero-order valence-electron chi connectivity index (χ0n) is 15.2. The Balaban J connectivity index is 1.79. The molecule has 28 heavy (non-hydrogen) atoms. The van der Waals surface area contributed by atoms with E-state index in [1.54, 1.807) is 18.2 Å². The van der Waals surface area contributed by atoms with Crippen LogP contribution in [0.1, 0.15) is 11.1 Å². The van der Waals surface area contributed by atoms with E-state index < -0.39 is 42.5 Å². The van der Waals surface area contributed by atoms with Gasteiger partial charge in [-0.2, -0.15) is 0 Å². The van der Waals surface area contributed by atoms with Crippen LogP contribution in [0.3, 0.4) is 0 Å². The van der Waals surface area contributed by atoms with E-state index in [9.17, 15) is 25.6 Å². The van der Waals surface area contributed by atoms with Crippen molar-refractivity contribution < 1.29 is 25.6 Å². The molecule has 1 fully saturated rings. The Labute approximate surface area is 163 Å². The maximum Gasteiger partial charge on any atom is 0.183 e. The van der Waals surface area contributed by atoms with E-state index in [0.29, 0.717) is 12.0 Å². The molecule has 0 saturated carbocycles. The molecule has 2 atom stereocenters. The summed E-state index contributed by atoms with van der Waals surface area (Å²) in [5, 5.41) is 1.79. The van der Waals surface area contributed by atoms with Gasteiger partial charge in [0.15, 0.2) is 19.7 Å². The molecule has 0 aliphatic carbocycles. The molecule has 1 aliphatic heterocycles. The average Bonchev–Trinajstić information content (AvgIpc) is 2.94. The number of rotatable bonds is 6. The van der Waals surface area contributed by atoms with Crippen LogP contribution in [0.4, 0.5) is 8.78 Å². The Morgan fingerprint density at radius 1 is 1.07 bits per heavy atom. The summed E-state index contributed by atoms with van der Waals surface area (Å²) < 4.78 is 77.4. The fourth-order valence-corrected chi connectivity index (χ4v) is 8.17. The second kappa shape index (κ2) is 7.88. The highest BCUT2D eigenvalue weighted by Gasteiger charge is 2.45. The maximum absolute atomic E-state index is 13.7. The second-order valence-electron chi connectivity index (χ2n) is 6.97. The highest BCUT2D eigenvalue weighted by atomic mass is 32.2. The number of sulfone groups is 2. The largest absolute Gasteiger partial charge is 0.311 e. The van der Waals surface area contributed by atoms with Crippen LogP contribution in [0, 0.1) is 18.6 Å². The molecule has 0 radical (unpaired) electrons. The molecule has 1 N–H and O–H groups in total. The molecule has 1 heterocycles. The lowest BCUT2D eigenvalue weighted by Gasteiger charge is -2.20. The summed E-state index contributed by atoms with van der Waals surface area (Å²) in [5.41, 5.74) is 0.635. The predicted molar refractivity (Wildman–Crippen MR) is 103 cm³/mol. The third-order valence-electron chi connectivity index (χ3n) is 4.92. The second-order valence-corrected chi connectivity index (χ2v) is 11.3. The Bertz CT molecular complexity index is 1080. The van der Waals surface area contributed by atoms with E-state index in [1.807, 2.05) is 0 Å². The number of hydrogen-bond acceptors (Lipinski definition) is 5. The highest BCUT2D eigenvalue weighted by molar-refractivity contribution is 7.96. The Kier molecular flexibility index (Phi) is 5.88. The molecule has 0 bridgehead atoms. The van der Waals surface area contributed by atoms with Gasteiger partial charge in [0.25, 0.3) is 0 Å². The van der Waals surface area contributed by atoms with Crippen molar-refractivity contribution in [3.05, 3.63) is 65.2 Å². The first kappa shape index (κ1) is 20.9. The fourth-order valence-electron chi connectivity index (χ4n) is 3.37. The fraction of sp³-hybridized carbons (Fsp3) is 0.368. The van der Waals surface area contributed by atoms with Crippen molar-refractivity contribution in [3.8, 4) is 0 Å². The van der Waals surface area contributed by atoms with Crippen LogP contribution in [0.5, 0.6) is 0 Å². The Morgan fingerprint density at radius 2 is 1.79 bits per heavy atom. The smallest absolute Gasteiger partial charge is 0.183 e. The van der Waals surface area contributed by atoms with Crippen LogP contribution in [-0.4, -0.2) is 46.2 Å². The van der Waals surface area contributed by atoms with E-state index in [2.05, 4.69) is 5.32 Å². The normalized spacial score (nSPS) is 21.7. The van der Waals surface area contributed by atoms with E-state index in [0.717, 1.165) is 12.1 Å². The first-order chi connectivity index (χ1) is 13.1. The van der Waals surface area contributed by atoms with Gasteiger partial charge in [-0.1, -0.05) is 18.2 Å². The minimum absolute atomic E-state index is 0.102. The molecule has 5 nitrogen and oxygen atoms in total. The van der Waals surface area contributed by atoms with Crippen LogP contribution in [0.25, 0.3) is 0 Å². The number of benzene rings is 2. The van der Waals surface area contributed by atoms with Gasteiger partial charge in [0.2, 0.25) is 0 Å². The highest BCUT2D eigenvalue weighted by Crippen LogP contribution is 2.27. The van der Waals surface area contributed by atoms with Crippen molar-refractivity contribution in [1.82, 2.24) is 5.32 Å². The molecule has 1 aliphatic rings. The van der Waals surface area contributed by atoms with Gasteiger partial charge in [-0.05, 0) is 55.3 Å². The molecule has 2 aromatic carbocycles. The summed E-state index contributed by atoms with van der Waals surface area (Å²) in [6.45, 7) is 1.68. The minimum Gasteiger partial charge on any atom is -0.311 e. The van der Waals surface area contributed by atoms with Gasteiger partial charge in [-0.3, -0.25) is 0 Å². The van der Waals surface area contributed by atoms with Crippen molar-refractivity contribution in [2.24, 2.45) is 0 Å². The quantitative estimate of drug-likeness (QED) is 0.711. The summed E-state index contributed by atoms with van der Waals surface area (Å²) in [7, 11) is -7.53. The van der Waals surface area contributed by atoms with Crippen LogP contribution in [0.2, 0.25) is 0 Å². The molecule has 152 valence electrons. The molecule has 3 rings (SSSR count). The first-order valence-electron chi connectivity index (χ1n) is 8.77. The molecule has 1 saturated heterocycles. The zero-order valence-corrected chi connectivity index (χ0v) is 16.9. The summed E-state index contributed by atoms with van der Waals surface area (Å²) in [6.07, 6.45) is 0.297. The van der Waals surface area contributed by atoms with E-state index in [1.165, 1.54) is 19.1 Å². The predicted octanol–water partition coefficient (Wildman–Crippen LogP) is 2.04. The lowest BCUT2D eigenvalue weighted by molar-refractivity contribution is 0.523. The molecule has 0 spiro atoms. The third-order valence-corrected chi connectivity index (χ3v) is 9.06. The molecule has 9 heteroatoms. The number of aryl methyl sites for hydroxylation is 1. The SMILES string of the molecule is Cc1cc(S(=O)(=O)C2CS(=O)(=O)CC2NCCc2ccccc2F)ccc1F. The van der Waals surface area contributed by atoms with Crippen LogP contribution in [-0.2, 0) is 26.1 Å². The van der Waals surface area contributed by atoms with Gasteiger partial charge in [0, 0.05) is 6.04 Å². The van der Waals surface area contributed by atoms with Crippen LogP contribution >= 0.6 is 0 Å². The third kappa shape index (κ3) is 4.42. The van der Waals surface area contributed by atoms with Crippen molar-refractivity contribution >= 4 is 19.7 Å². The molecular weight excluding hydrogens is 408 g/mol. The molecular formula is C19H21F2NO4S2. The summed E-state index contributed by atoms with van der Waals surface area (Å²) in [6, 6.07) is 8.84. The lowest BCUT2D eigenvalue weighted by Crippen LogP contribution is -2.44. The van der Waals surface area contributed by atoms with Crippen LogP contribution < -0.4 is 5.32 Å². The molecule has 2 unspecified atom stereocenters. The van der Waals surface area contributed by atoms with Crippen molar-refractivity contribution in [2.75, 3.05) is 18.1 Å². The van der Waals surface area contributed by atoms with Crippen LogP contribution in [0.15, 0.2) is 47.4 Å². The van der Waals surface area contributed by atoms with E-state index in [4.69, 9.17) is 0 Å². The number of hydrogen-bond donors (Lipinski definition) is 1. The standard InChI is InChI=1S/C19H21F2NO4S2/c1-13-10-15(6-7-16(13)20)28(25,26)19-12-27(23,24)11-18(19)22-9-8-14-4-2-3-5-17(14)21/h2-7,10,18-19,22H,8-9,11-12H2,1H3. The number of nitrogens with one attached hydrogen (secondary N) is 1. The van der Waals surface area contributed by atoms with Gasteiger partial charge in [-0.25, -0.2) is 25.6 Å². The summed E-state index contributed by atoms with van der Waals surface area (Å²) >= 11 is 0. The minimum atomic E-state index is -3.98. The van der Waals surface area contributed by atoms with Crippen molar-refractivity contribution in [2.45, 2.75) is 29.5 Å². The van der Waals surface area contributed by atoms with Crippen molar-refractivity contribution in [3.63, 3.8) is 0 Å². The van der Waals surface area contributed by atoms with Gasteiger partial charge < -0.3 is 5.32 Å². The first-order valence-corrected chi connectivity index (χ1v) is 12.1. The topological polar surface area (TPSA) is 80.3 Å². The van der Waals surface area contributed by atoms with Crippen molar-refractivity contribution in [1.29, 1.82) is 0 Å². The molecule has 2 aromatic rings.